The van der Waals surface area contributed by atoms with Crippen LogP contribution in [0.4, 0.5) is 5.69 Å². The molecule has 0 aromatic heterocycles. The zero-order valence-electron chi connectivity index (χ0n) is 10.2. The summed E-state index contributed by atoms with van der Waals surface area (Å²) in [6, 6.07) is 2.88. The van der Waals surface area contributed by atoms with Gasteiger partial charge in [0.25, 0.3) is 0 Å². The summed E-state index contributed by atoms with van der Waals surface area (Å²) in [6.45, 7) is 0.0263. The Kier molecular flexibility index (Phi) is 4.81. The second-order valence-corrected chi connectivity index (χ2v) is 5.64. The van der Waals surface area contributed by atoms with Gasteiger partial charge in [-0.2, -0.15) is 0 Å². The predicted molar refractivity (Wildman–Crippen MR) is 80.6 cm³/mol. The zero-order valence-corrected chi connectivity index (χ0v) is 12.5. The summed E-state index contributed by atoms with van der Waals surface area (Å²) in [4.78, 5) is 24.8. The Morgan fingerprint density at radius 3 is 2.50 bits per heavy atom. The van der Waals surface area contributed by atoms with Crippen molar-refractivity contribution < 1.29 is 14.3 Å². The Balaban J connectivity index is 2.42. The molecule has 1 heterocycles. The van der Waals surface area contributed by atoms with Crippen molar-refractivity contribution in [1.82, 2.24) is 0 Å². The van der Waals surface area contributed by atoms with Crippen molar-refractivity contribution in [2.75, 3.05) is 23.0 Å². The van der Waals surface area contributed by atoms with Gasteiger partial charge in [-0.15, -0.1) is 18.2 Å². The van der Waals surface area contributed by atoms with E-state index in [2.05, 4.69) is 5.92 Å². The minimum atomic E-state index is -0.321. The lowest BCUT2D eigenvalue weighted by atomic mass is 10.2. The lowest BCUT2D eigenvalue weighted by Crippen LogP contribution is -2.43. The SMILES string of the molecule is C#CCOc1cc(N2C(=O)CSCC2=O)c(Cl)cc1Cl. The van der Waals surface area contributed by atoms with Crippen LogP contribution in [0.5, 0.6) is 5.75 Å². The highest BCUT2D eigenvalue weighted by Gasteiger charge is 2.30. The number of rotatable bonds is 3. The highest BCUT2D eigenvalue weighted by atomic mass is 35.5. The predicted octanol–water partition coefficient (Wildman–Crippen LogP) is 2.61. The maximum Gasteiger partial charge on any atom is 0.243 e. The molecule has 0 unspecified atom stereocenters. The number of hydrogen-bond acceptors (Lipinski definition) is 4. The molecule has 0 saturated carbocycles. The van der Waals surface area contributed by atoms with Crippen LogP contribution in [0.15, 0.2) is 12.1 Å². The Morgan fingerprint density at radius 2 is 1.90 bits per heavy atom. The Labute approximate surface area is 130 Å². The van der Waals surface area contributed by atoms with E-state index < -0.39 is 0 Å². The summed E-state index contributed by atoms with van der Waals surface area (Å²) in [5.74, 6) is 2.40. The maximum absolute atomic E-state index is 11.9. The molecule has 0 bridgehead atoms. The zero-order chi connectivity index (χ0) is 14.7. The fourth-order valence-electron chi connectivity index (χ4n) is 1.68. The van der Waals surface area contributed by atoms with Crippen LogP contribution in [-0.2, 0) is 9.59 Å². The van der Waals surface area contributed by atoms with Crippen LogP contribution in [0.3, 0.4) is 0 Å². The van der Waals surface area contributed by atoms with Crippen molar-refractivity contribution in [3.05, 3.63) is 22.2 Å². The van der Waals surface area contributed by atoms with Crippen LogP contribution >= 0.6 is 35.0 Å². The first kappa shape index (κ1) is 15.0. The van der Waals surface area contributed by atoms with Gasteiger partial charge in [0.1, 0.15) is 12.4 Å². The quantitative estimate of drug-likeness (QED) is 0.631. The number of nitrogens with zero attached hydrogens (tertiary/aromatic N) is 1. The van der Waals surface area contributed by atoms with Gasteiger partial charge in [-0.1, -0.05) is 29.1 Å². The fraction of sp³-hybridized carbons (Fsp3) is 0.231. The van der Waals surface area contributed by atoms with Crippen molar-refractivity contribution in [3.63, 3.8) is 0 Å². The van der Waals surface area contributed by atoms with Gasteiger partial charge in [0.2, 0.25) is 11.8 Å². The van der Waals surface area contributed by atoms with E-state index in [0.29, 0.717) is 0 Å². The fourth-order valence-corrected chi connectivity index (χ4v) is 2.91. The Morgan fingerprint density at radius 1 is 1.25 bits per heavy atom. The van der Waals surface area contributed by atoms with Crippen LogP contribution in [0.1, 0.15) is 0 Å². The highest BCUT2D eigenvalue weighted by molar-refractivity contribution is 8.00. The molecular weight excluding hydrogens is 321 g/mol. The molecule has 0 atom stereocenters. The maximum atomic E-state index is 11.9. The smallest absolute Gasteiger partial charge is 0.243 e. The summed E-state index contributed by atoms with van der Waals surface area (Å²) >= 11 is 13.3. The summed E-state index contributed by atoms with van der Waals surface area (Å²) in [5.41, 5.74) is 0.262. The number of anilines is 1. The van der Waals surface area contributed by atoms with E-state index in [1.165, 1.54) is 23.9 Å². The molecule has 1 saturated heterocycles. The number of imide groups is 1. The molecule has 1 aromatic carbocycles. The number of thioether (sulfide) groups is 1. The molecule has 4 nitrogen and oxygen atoms in total. The molecule has 2 amide bonds. The summed E-state index contributed by atoms with van der Waals surface area (Å²) in [7, 11) is 0. The Hall–Kier alpha value is -1.35. The molecule has 1 aliphatic heterocycles. The summed E-state index contributed by atoms with van der Waals surface area (Å²) in [5, 5.41) is 0.469. The Bertz CT molecular complexity index is 596. The number of amides is 2. The van der Waals surface area contributed by atoms with E-state index in [0.717, 1.165) is 4.90 Å². The van der Waals surface area contributed by atoms with E-state index in [1.807, 2.05) is 0 Å². The van der Waals surface area contributed by atoms with E-state index in [4.69, 9.17) is 34.4 Å². The molecule has 1 fully saturated rings. The third-order valence-electron chi connectivity index (χ3n) is 2.50. The first-order chi connectivity index (χ1) is 9.54. The minimum absolute atomic E-state index is 0.0263. The molecule has 1 aromatic rings. The topological polar surface area (TPSA) is 46.6 Å². The van der Waals surface area contributed by atoms with Gasteiger partial charge >= 0.3 is 0 Å². The molecule has 20 heavy (non-hydrogen) atoms. The number of terminal acetylenes is 1. The number of benzene rings is 1. The van der Waals surface area contributed by atoms with Crippen molar-refractivity contribution in [3.8, 4) is 18.1 Å². The molecule has 0 radical (unpaired) electrons. The van der Waals surface area contributed by atoms with Gasteiger partial charge in [0.15, 0.2) is 0 Å². The van der Waals surface area contributed by atoms with Gasteiger partial charge in [-0.3, -0.25) is 9.59 Å². The van der Waals surface area contributed by atoms with Crippen molar-refractivity contribution in [1.29, 1.82) is 0 Å². The van der Waals surface area contributed by atoms with E-state index in [1.54, 1.807) is 0 Å². The van der Waals surface area contributed by atoms with Gasteiger partial charge in [-0.25, -0.2) is 4.90 Å². The minimum Gasteiger partial charge on any atom is -0.479 e. The number of ether oxygens (including phenoxy) is 1. The molecule has 104 valence electrons. The normalized spacial score (nSPS) is 15.2. The standard InChI is InChI=1S/C13H9Cl2NO3S/c1-2-3-19-11-5-10(8(14)4-9(11)15)16-12(17)6-20-7-13(16)18/h1,4-5H,3,6-7H2. The van der Waals surface area contributed by atoms with E-state index in [-0.39, 0.29) is 51.4 Å². The lowest BCUT2D eigenvalue weighted by molar-refractivity contribution is -0.124. The molecule has 2 rings (SSSR count). The van der Waals surface area contributed by atoms with Gasteiger partial charge in [0.05, 0.1) is 27.2 Å². The van der Waals surface area contributed by atoms with Crippen molar-refractivity contribution >= 4 is 52.5 Å². The van der Waals surface area contributed by atoms with Gasteiger partial charge in [-0.05, 0) is 6.07 Å². The van der Waals surface area contributed by atoms with Crippen LogP contribution in [0.2, 0.25) is 10.0 Å². The number of carbonyl (C=O) groups excluding carboxylic acids is 2. The number of halogens is 2. The van der Waals surface area contributed by atoms with Crippen LogP contribution < -0.4 is 9.64 Å². The first-order valence-corrected chi connectivity index (χ1v) is 7.44. The highest BCUT2D eigenvalue weighted by Crippen LogP contribution is 2.37. The molecular formula is C13H9Cl2NO3S. The summed E-state index contributed by atoms with van der Waals surface area (Å²) < 4.78 is 5.26. The van der Waals surface area contributed by atoms with E-state index >= 15 is 0 Å². The number of carbonyl (C=O) groups is 2. The monoisotopic (exact) mass is 329 g/mol. The van der Waals surface area contributed by atoms with E-state index in [9.17, 15) is 9.59 Å². The average molecular weight is 330 g/mol. The number of hydrogen-bond donors (Lipinski definition) is 0. The van der Waals surface area contributed by atoms with Crippen LogP contribution in [-0.4, -0.2) is 29.9 Å². The van der Waals surface area contributed by atoms with Gasteiger partial charge in [0, 0.05) is 6.07 Å². The second-order valence-electron chi connectivity index (χ2n) is 3.84. The average Bonchev–Trinajstić information content (AvgIpc) is 2.39. The molecule has 0 N–H and O–H groups in total. The third-order valence-corrected chi connectivity index (χ3v) is 4.00. The summed E-state index contributed by atoms with van der Waals surface area (Å²) in [6.07, 6.45) is 5.12. The lowest BCUT2D eigenvalue weighted by Gasteiger charge is -2.26. The van der Waals surface area contributed by atoms with Crippen LogP contribution in [0, 0.1) is 12.3 Å². The molecule has 1 aliphatic rings. The first-order valence-electron chi connectivity index (χ1n) is 5.53. The van der Waals surface area contributed by atoms with Crippen molar-refractivity contribution in [2.24, 2.45) is 0 Å². The van der Waals surface area contributed by atoms with Crippen molar-refractivity contribution in [2.45, 2.75) is 0 Å². The van der Waals surface area contributed by atoms with Crippen LogP contribution in [0.25, 0.3) is 0 Å². The molecule has 7 heteroatoms. The molecule has 0 spiro atoms. The third kappa shape index (κ3) is 3.04. The second kappa shape index (κ2) is 6.40. The largest absolute Gasteiger partial charge is 0.479 e. The van der Waals surface area contributed by atoms with Gasteiger partial charge < -0.3 is 4.74 Å². The molecule has 0 aliphatic carbocycles.